The van der Waals surface area contributed by atoms with Gasteiger partial charge in [0.25, 0.3) is 0 Å². The highest BCUT2D eigenvalue weighted by Gasteiger charge is 2.36. The highest BCUT2D eigenvalue weighted by molar-refractivity contribution is 5.80. The van der Waals surface area contributed by atoms with Crippen LogP contribution >= 0.6 is 0 Å². The van der Waals surface area contributed by atoms with E-state index in [2.05, 4.69) is 17.1 Å². The topological polar surface area (TPSA) is 50.8 Å². The minimum atomic E-state index is -0.613. The molecule has 0 heterocycles. The molecule has 124 valence electrons. The van der Waals surface area contributed by atoms with Crippen molar-refractivity contribution in [3.8, 4) is 0 Å². The summed E-state index contributed by atoms with van der Waals surface area (Å²) in [7, 11) is 3.19. The van der Waals surface area contributed by atoms with E-state index in [9.17, 15) is 4.79 Å². The lowest BCUT2D eigenvalue weighted by molar-refractivity contribution is -0.148. The van der Waals surface area contributed by atoms with E-state index in [1.165, 1.54) is 20.0 Å². The van der Waals surface area contributed by atoms with E-state index in [0.29, 0.717) is 6.04 Å². The second kappa shape index (κ2) is 8.71. The van der Waals surface area contributed by atoms with Crippen molar-refractivity contribution in [1.82, 2.24) is 10.2 Å². The summed E-state index contributed by atoms with van der Waals surface area (Å²) in [5.74, 6) is 0.625. The molecule has 1 rings (SSSR count). The van der Waals surface area contributed by atoms with Crippen LogP contribution in [0.15, 0.2) is 0 Å². The quantitative estimate of drug-likeness (QED) is 0.588. The average Bonchev–Trinajstić information content (AvgIpc) is 3.30. The van der Waals surface area contributed by atoms with E-state index >= 15 is 0 Å². The average molecular weight is 300 g/mol. The van der Waals surface area contributed by atoms with Crippen molar-refractivity contribution >= 4 is 5.97 Å². The minimum absolute atomic E-state index is 0.185. The zero-order valence-electron chi connectivity index (χ0n) is 14.3. The van der Waals surface area contributed by atoms with Crippen LogP contribution in [-0.4, -0.2) is 62.9 Å². The first-order valence-electron chi connectivity index (χ1n) is 8.05. The van der Waals surface area contributed by atoms with E-state index in [1.807, 2.05) is 13.8 Å². The number of carbonyl (C=O) groups is 1. The summed E-state index contributed by atoms with van der Waals surface area (Å²) in [5.41, 5.74) is -0.613. The van der Waals surface area contributed by atoms with E-state index in [1.54, 1.807) is 7.11 Å². The third-order valence-corrected chi connectivity index (χ3v) is 4.56. The van der Waals surface area contributed by atoms with Gasteiger partial charge in [0.15, 0.2) is 0 Å². The van der Waals surface area contributed by atoms with Crippen LogP contribution in [-0.2, 0) is 14.3 Å². The van der Waals surface area contributed by atoms with Crippen LogP contribution in [0.2, 0.25) is 0 Å². The number of hydrogen-bond acceptors (Lipinski definition) is 5. The summed E-state index contributed by atoms with van der Waals surface area (Å²) in [6, 6.07) is 0.559. The zero-order chi connectivity index (χ0) is 15.9. The van der Waals surface area contributed by atoms with Gasteiger partial charge in [-0.3, -0.25) is 9.69 Å². The molecule has 2 atom stereocenters. The number of methoxy groups -OCH3 is 2. The highest BCUT2D eigenvalue weighted by Crippen LogP contribution is 2.35. The molecule has 2 unspecified atom stereocenters. The van der Waals surface area contributed by atoms with Crippen molar-refractivity contribution in [2.45, 2.75) is 51.6 Å². The van der Waals surface area contributed by atoms with Crippen molar-refractivity contribution < 1.29 is 14.3 Å². The fraction of sp³-hybridized carbons (Fsp3) is 0.938. The molecule has 0 aromatic heterocycles. The number of hydrogen-bond donors (Lipinski definition) is 1. The minimum Gasteiger partial charge on any atom is -0.468 e. The maximum absolute atomic E-state index is 12.0. The van der Waals surface area contributed by atoms with Crippen molar-refractivity contribution in [1.29, 1.82) is 0 Å². The first-order valence-corrected chi connectivity index (χ1v) is 8.05. The van der Waals surface area contributed by atoms with E-state index in [-0.39, 0.29) is 5.97 Å². The molecule has 5 nitrogen and oxygen atoms in total. The van der Waals surface area contributed by atoms with Crippen molar-refractivity contribution in [2.75, 3.05) is 40.5 Å². The molecule has 0 spiro atoms. The number of ether oxygens (including phenoxy) is 2. The largest absolute Gasteiger partial charge is 0.468 e. The molecule has 0 aromatic rings. The summed E-state index contributed by atoms with van der Waals surface area (Å²) in [4.78, 5) is 14.5. The summed E-state index contributed by atoms with van der Waals surface area (Å²) in [6.45, 7) is 9.50. The Balaban J connectivity index is 2.60. The van der Waals surface area contributed by atoms with Crippen LogP contribution in [0.4, 0.5) is 0 Å². The molecule has 21 heavy (non-hydrogen) atoms. The Hall–Kier alpha value is -0.650. The van der Waals surface area contributed by atoms with Crippen LogP contribution in [0, 0.1) is 5.92 Å². The first-order chi connectivity index (χ1) is 9.98. The third kappa shape index (κ3) is 5.57. The van der Waals surface area contributed by atoms with E-state index < -0.39 is 5.54 Å². The van der Waals surface area contributed by atoms with Gasteiger partial charge in [-0.25, -0.2) is 0 Å². The van der Waals surface area contributed by atoms with Gasteiger partial charge in [-0.1, -0.05) is 6.92 Å². The standard InChI is InChI=1S/C16H32N2O3/c1-6-17-16(3,15(19)21-5)9-10-18(11-12-20-4)13(2)14-7-8-14/h13-14,17H,6-12H2,1-5H3. The second-order valence-corrected chi connectivity index (χ2v) is 6.21. The Kier molecular flexibility index (Phi) is 7.63. The Labute approximate surface area is 129 Å². The molecule has 0 bridgehead atoms. The van der Waals surface area contributed by atoms with Gasteiger partial charge in [-0.05, 0) is 45.6 Å². The lowest BCUT2D eigenvalue weighted by Crippen LogP contribution is -2.52. The molecule has 0 saturated heterocycles. The Morgan fingerprint density at radius 2 is 2.05 bits per heavy atom. The van der Waals surface area contributed by atoms with E-state index in [4.69, 9.17) is 9.47 Å². The Bertz CT molecular complexity index is 321. The van der Waals surface area contributed by atoms with Crippen molar-refractivity contribution in [2.24, 2.45) is 5.92 Å². The fourth-order valence-electron chi connectivity index (χ4n) is 2.85. The Morgan fingerprint density at radius 1 is 1.38 bits per heavy atom. The lowest BCUT2D eigenvalue weighted by atomic mass is 9.96. The number of carbonyl (C=O) groups excluding carboxylic acids is 1. The molecule has 1 N–H and O–H groups in total. The fourth-order valence-corrected chi connectivity index (χ4v) is 2.85. The number of rotatable bonds is 11. The zero-order valence-corrected chi connectivity index (χ0v) is 14.3. The van der Waals surface area contributed by atoms with Crippen LogP contribution in [0.3, 0.4) is 0 Å². The number of esters is 1. The third-order valence-electron chi connectivity index (χ3n) is 4.56. The van der Waals surface area contributed by atoms with Crippen molar-refractivity contribution in [3.63, 3.8) is 0 Å². The summed E-state index contributed by atoms with van der Waals surface area (Å²) >= 11 is 0. The van der Waals surface area contributed by atoms with Crippen LogP contribution < -0.4 is 5.32 Å². The molecular weight excluding hydrogens is 268 g/mol. The highest BCUT2D eigenvalue weighted by atomic mass is 16.5. The normalized spacial score (nSPS) is 19.3. The molecule has 0 amide bonds. The van der Waals surface area contributed by atoms with Gasteiger partial charge in [-0.2, -0.15) is 0 Å². The number of likely N-dealkylation sites (N-methyl/N-ethyl adjacent to an activating group) is 1. The van der Waals surface area contributed by atoms with Crippen LogP contribution in [0.1, 0.15) is 40.0 Å². The second-order valence-electron chi connectivity index (χ2n) is 6.21. The van der Waals surface area contributed by atoms with Gasteiger partial charge in [0, 0.05) is 26.2 Å². The maximum Gasteiger partial charge on any atom is 0.325 e. The van der Waals surface area contributed by atoms with Crippen LogP contribution in [0.5, 0.6) is 0 Å². The molecule has 1 saturated carbocycles. The van der Waals surface area contributed by atoms with Gasteiger partial charge in [0.05, 0.1) is 13.7 Å². The molecular formula is C16H32N2O3. The van der Waals surface area contributed by atoms with Gasteiger partial charge >= 0.3 is 5.97 Å². The van der Waals surface area contributed by atoms with Crippen LogP contribution in [0.25, 0.3) is 0 Å². The van der Waals surface area contributed by atoms with Gasteiger partial charge in [0.1, 0.15) is 5.54 Å². The predicted molar refractivity (Wildman–Crippen MR) is 84.3 cm³/mol. The molecule has 5 heteroatoms. The summed E-state index contributed by atoms with van der Waals surface area (Å²) in [6.07, 6.45) is 3.40. The summed E-state index contributed by atoms with van der Waals surface area (Å²) < 4.78 is 10.2. The molecule has 0 aliphatic heterocycles. The maximum atomic E-state index is 12.0. The van der Waals surface area contributed by atoms with Gasteiger partial charge in [-0.15, -0.1) is 0 Å². The first kappa shape index (κ1) is 18.4. The molecule has 1 aliphatic rings. The van der Waals surface area contributed by atoms with Gasteiger partial charge < -0.3 is 14.8 Å². The SMILES string of the molecule is CCNC(C)(CCN(CCOC)C(C)C1CC1)C(=O)OC. The number of nitrogens with one attached hydrogen (secondary N) is 1. The lowest BCUT2D eigenvalue weighted by Gasteiger charge is -2.34. The smallest absolute Gasteiger partial charge is 0.325 e. The summed E-state index contributed by atoms with van der Waals surface area (Å²) in [5, 5.41) is 3.27. The van der Waals surface area contributed by atoms with E-state index in [0.717, 1.165) is 38.6 Å². The predicted octanol–water partition coefficient (Wildman–Crippen LogP) is 1.66. The number of nitrogens with zero attached hydrogens (tertiary/aromatic N) is 1. The molecule has 1 fully saturated rings. The Morgan fingerprint density at radius 3 is 2.52 bits per heavy atom. The molecule has 1 aliphatic carbocycles. The molecule has 0 aromatic carbocycles. The van der Waals surface area contributed by atoms with Crippen molar-refractivity contribution in [3.05, 3.63) is 0 Å². The van der Waals surface area contributed by atoms with Gasteiger partial charge in [0.2, 0.25) is 0 Å². The molecule has 0 radical (unpaired) electrons. The monoisotopic (exact) mass is 300 g/mol.